The molecule has 1 aromatic rings. The average molecular weight is 139 g/mol. The Morgan fingerprint density at radius 2 is 2.50 bits per heavy atom. The number of aryl methyl sites for hydroxylation is 2. The highest BCUT2D eigenvalue weighted by molar-refractivity contribution is 4.98. The number of hydrogen-bond donors (Lipinski definition) is 1. The van der Waals surface area contributed by atoms with Gasteiger partial charge in [-0.1, -0.05) is 0 Å². The molecule has 0 bridgehead atoms. The summed E-state index contributed by atoms with van der Waals surface area (Å²) < 4.78 is 1.81. The third kappa shape index (κ3) is 1.84. The predicted octanol–water partition coefficient (Wildman–Crippen LogP) is 0.311. The Balaban J connectivity index is 2.42. The van der Waals surface area contributed by atoms with Crippen molar-refractivity contribution in [2.75, 3.05) is 6.54 Å². The van der Waals surface area contributed by atoms with Gasteiger partial charge in [0.25, 0.3) is 0 Å². The van der Waals surface area contributed by atoms with Crippen molar-refractivity contribution in [1.82, 2.24) is 9.78 Å². The summed E-state index contributed by atoms with van der Waals surface area (Å²) in [6, 6.07) is 2.02. The van der Waals surface area contributed by atoms with E-state index in [2.05, 4.69) is 5.10 Å². The smallest absolute Gasteiger partial charge is 0.0624 e. The standard InChI is InChI=1S/C7H13N3/c1-10-6-4-7(9-10)3-2-5-8/h4,6H,2-3,5,8H2,1H3. The van der Waals surface area contributed by atoms with Crippen LogP contribution in [0.5, 0.6) is 0 Å². The molecule has 0 saturated heterocycles. The van der Waals surface area contributed by atoms with E-state index in [-0.39, 0.29) is 0 Å². The first-order valence-electron chi connectivity index (χ1n) is 3.51. The quantitative estimate of drug-likeness (QED) is 0.655. The van der Waals surface area contributed by atoms with Crippen LogP contribution in [0.2, 0.25) is 0 Å². The lowest BCUT2D eigenvalue weighted by atomic mass is 10.2. The monoisotopic (exact) mass is 139 g/mol. The Kier molecular flexibility index (Phi) is 2.45. The molecule has 1 aromatic heterocycles. The van der Waals surface area contributed by atoms with E-state index in [0.717, 1.165) is 25.1 Å². The van der Waals surface area contributed by atoms with E-state index in [4.69, 9.17) is 5.73 Å². The van der Waals surface area contributed by atoms with Crippen LogP contribution in [-0.2, 0) is 13.5 Å². The molecule has 10 heavy (non-hydrogen) atoms. The molecule has 0 spiro atoms. The van der Waals surface area contributed by atoms with Gasteiger partial charge in [0.15, 0.2) is 0 Å². The van der Waals surface area contributed by atoms with Gasteiger partial charge in [-0.25, -0.2) is 0 Å². The van der Waals surface area contributed by atoms with Crippen molar-refractivity contribution < 1.29 is 0 Å². The Morgan fingerprint density at radius 1 is 1.70 bits per heavy atom. The fourth-order valence-electron chi connectivity index (χ4n) is 0.880. The van der Waals surface area contributed by atoms with Crippen molar-refractivity contribution >= 4 is 0 Å². The largest absolute Gasteiger partial charge is 0.330 e. The summed E-state index contributed by atoms with van der Waals surface area (Å²) in [4.78, 5) is 0. The van der Waals surface area contributed by atoms with Gasteiger partial charge in [0.05, 0.1) is 5.69 Å². The fraction of sp³-hybridized carbons (Fsp3) is 0.571. The second-order valence-corrected chi connectivity index (χ2v) is 2.37. The summed E-state index contributed by atoms with van der Waals surface area (Å²) in [6.45, 7) is 0.747. The van der Waals surface area contributed by atoms with Gasteiger partial charge in [0, 0.05) is 13.2 Å². The highest BCUT2D eigenvalue weighted by atomic mass is 15.2. The molecule has 0 aliphatic carbocycles. The first-order chi connectivity index (χ1) is 4.83. The van der Waals surface area contributed by atoms with Crippen molar-refractivity contribution in [3.05, 3.63) is 18.0 Å². The number of rotatable bonds is 3. The van der Waals surface area contributed by atoms with Crippen molar-refractivity contribution in [1.29, 1.82) is 0 Å². The number of nitrogens with zero attached hydrogens (tertiary/aromatic N) is 2. The molecule has 56 valence electrons. The van der Waals surface area contributed by atoms with Crippen LogP contribution in [-0.4, -0.2) is 16.3 Å². The molecular formula is C7H13N3. The highest BCUT2D eigenvalue weighted by Gasteiger charge is 1.93. The lowest BCUT2D eigenvalue weighted by Crippen LogP contribution is -2.01. The molecule has 1 rings (SSSR count). The molecule has 0 aliphatic rings. The van der Waals surface area contributed by atoms with Crippen LogP contribution >= 0.6 is 0 Å². The van der Waals surface area contributed by atoms with Crippen LogP contribution in [0.15, 0.2) is 12.3 Å². The normalized spacial score (nSPS) is 10.2. The first-order valence-corrected chi connectivity index (χ1v) is 3.51. The molecule has 0 unspecified atom stereocenters. The molecule has 3 heteroatoms. The molecular weight excluding hydrogens is 126 g/mol. The van der Waals surface area contributed by atoms with Gasteiger partial charge >= 0.3 is 0 Å². The zero-order valence-corrected chi connectivity index (χ0v) is 6.25. The van der Waals surface area contributed by atoms with Crippen molar-refractivity contribution in [2.45, 2.75) is 12.8 Å². The molecule has 0 atom stereocenters. The number of aromatic nitrogens is 2. The van der Waals surface area contributed by atoms with Gasteiger partial charge in [-0.15, -0.1) is 0 Å². The molecule has 0 saturated carbocycles. The third-order valence-electron chi connectivity index (χ3n) is 1.41. The molecule has 0 fully saturated rings. The van der Waals surface area contributed by atoms with Crippen LogP contribution in [0.25, 0.3) is 0 Å². The molecule has 0 radical (unpaired) electrons. The zero-order valence-electron chi connectivity index (χ0n) is 6.25. The van der Waals surface area contributed by atoms with Gasteiger partial charge in [0.1, 0.15) is 0 Å². The van der Waals surface area contributed by atoms with Crippen LogP contribution in [0.3, 0.4) is 0 Å². The zero-order chi connectivity index (χ0) is 7.40. The van der Waals surface area contributed by atoms with Crippen molar-refractivity contribution in [3.8, 4) is 0 Å². The minimum absolute atomic E-state index is 0.747. The summed E-state index contributed by atoms with van der Waals surface area (Å²) in [7, 11) is 1.92. The van der Waals surface area contributed by atoms with E-state index < -0.39 is 0 Å². The van der Waals surface area contributed by atoms with Gasteiger partial charge < -0.3 is 5.73 Å². The molecule has 1 heterocycles. The minimum atomic E-state index is 0.747. The van der Waals surface area contributed by atoms with E-state index in [1.165, 1.54) is 0 Å². The summed E-state index contributed by atoms with van der Waals surface area (Å²) in [5.74, 6) is 0. The van der Waals surface area contributed by atoms with Gasteiger partial charge in [-0.05, 0) is 25.5 Å². The van der Waals surface area contributed by atoms with Crippen LogP contribution in [0.1, 0.15) is 12.1 Å². The second kappa shape index (κ2) is 3.37. The summed E-state index contributed by atoms with van der Waals surface area (Å²) in [5, 5.41) is 4.21. The highest BCUT2D eigenvalue weighted by Crippen LogP contribution is 1.96. The maximum absolute atomic E-state index is 5.35. The summed E-state index contributed by atoms with van der Waals surface area (Å²) in [5.41, 5.74) is 6.48. The average Bonchev–Trinajstić information content (AvgIpc) is 2.31. The van der Waals surface area contributed by atoms with E-state index >= 15 is 0 Å². The first kappa shape index (κ1) is 7.28. The van der Waals surface area contributed by atoms with Gasteiger partial charge in [0.2, 0.25) is 0 Å². The minimum Gasteiger partial charge on any atom is -0.330 e. The van der Waals surface area contributed by atoms with E-state index in [9.17, 15) is 0 Å². The summed E-state index contributed by atoms with van der Waals surface area (Å²) in [6.07, 6.45) is 3.97. The van der Waals surface area contributed by atoms with E-state index in [1.54, 1.807) is 0 Å². The maximum atomic E-state index is 5.35. The second-order valence-electron chi connectivity index (χ2n) is 2.37. The van der Waals surface area contributed by atoms with E-state index in [1.807, 2.05) is 24.0 Å². The Labute approximate surface area is 60.8 Å². The maximum Gasteiger partial charge on any atom is 0.0624 e. The topological polar surface area (TPSA) is 43.8 Å². The molecule has 0 aromatic carbocycles. The van der Waals surface area contributed by atoms with Crippen molar-refractivity contribution in [2.24, 2.45) is 12.8 Å². The molecule has 2 N–H and O–H groups in total. The van der Waals surface area contributed by atoms with Crippen LogP contribution < -0.4 is 5.73 Å². The Bertz CT molecular complexity index is 192. The lowest BCUT2D eigenvalue weighted by molar-refractivity contribution is 0.723. The van der Waals surface area contributed by atoms with Gasteiger partial charge in [-0.2, -0.15) is 5.10 Å². The summed E-state index contributed by atoms with van der Waals surface area (Å²) >= 11 is 0. The fourth-order valence-corrected chi connectivity index (χ4v) is 0.880. The molecule has 0 amide bonds. The van der Waals surface area contributed by atoms with E-state index in [0.29, 0.717) is 0 Å². The van der Waals surface area contributed by atoms with Crippen molar-refractivity contribution in [3.63, 3.8) is 0 Å². The third-order valence-corrected chi connectivity index (χ3v) is 1.41. The lowest BCUT2D eigenvalue weighted by Gasteiger charge is -1.91. The number of hydrogen-bond acceptors (Lipinski definition) is 2. The predicted molar refractivity (Wildman–Crippen MR) is 40.6 cm³/mol. The molecule has 3 nitrogen and oxygen atoms in total. The van der Waals surface area contributed by atoms with Crippen LogP contribution in [0, 0.1) is 0 Å². The molecule has 0 aliphatic heterocycles. The Hall–Kier alpha value is -0.830. The SMILES string of the molecule is Cn1ccc(CCCN)n1. The van der Waals surface area contributed by atoms with Crippen LogP contribution in [0.4, 0.5) is 0 Å². The number of nitrogens with two attached hydrogens (primary N) is 1. The Morgan fingerprint density at radius 3 is 3.00 bits per heavy atom. The van der Waals surface area contributed by atoms with Gasteiger partial charge in [-0.3, -0.25) is 4.68 Å².